The first-order chi connectivity index (χ1) is 17.3. The summed E-state index contributed by atoms with van der Waals surface area (Å²) in [6.07, 6.45) is 1.95. The van der Waals surface area contributed by atoms with Crippen LogP contribution in [0, 0.1) is 0 Å². The summed E-state index contributed by atoms with van der Waals surface area (Å²) in [6, 6.07) is 9.46. The fourth-order valence-corrected chi connectivity index (χ4v) is 4.71. The molecule has 0 aliphatic carbocycles. The minimum Gasteiger partial charge on any atom is -0.326 e. The summed E-state index contributed by atoms with van der Waals surface area (Å²) in [5, 5.41) is 14.3. The SMILES string of the molecule is CC(=O)c1nn(CC(=O)N2C[C@H](F)C[C@H]2C(=O)Nc2cccc(Br)n2)c2ccc(-c3cn[nH]c3)cc12. The number of likely N-dealkylation sites (tertiary alicyclic amines) is 1. The Morgan fingerprint density at radius 2 is 2.06 bits per heavy atom. The van der Waals surface area contributed by atoms with Crippen LogP contribution >= 0.6 is 15.9 Å². The van der Waals surface area contributed by atoms with E-state index >= 15 is 0 Å². The van der Waals surface area contributed by atoms with Crippen LogP contribution < -0.4 is 5.32 Å². The van der Waals surface area contributed by atoms with Gasteiger partial charge < -0.3 is 10.2 Å². The molecule has 12 heteroatoms. The number of fused-ring (bicyclic) bond motifs is 1. The number of hydrogen-bond acceptors (Lipinski definition) is 6. The molecule has 1 fully saturated rings. The normalized spacial score (nSPS) is 17.5. The van der Waals surface area contributed by atoms with Gasteiger partial charge in [0.2, 0.25) is 11.8 Å². The van der Waals surface area contributed by atoms with Crippen LogP contribution in [0.2, 0.25) is 0 Å². The van der Waals surface area contributed by atoms with Gasteiger partial charge in [-0.3, -0.25) is 24.2 Å². The van der Waals surface area contributed by atoms with Crippen molar-refractivity contribution >= 4 is 50.2 Å². The first-order valence-electron chi connectivity index (χ1n) is 11.2. The van der Waals surface area contributed by atoms with E-state index in [1.54, 1.807) is 36.7 Å². The Balaban J connectivity index is 1.40. The Bertz CT molecular complexity index is 1470. The number of nitrogens with one attached hydrogen (secondary N) is 2. The molecule has 0 saturated carbocycles. The smallest absolute Gasteiger partial charge is 0.248 e. The van der Waals surface area contributed by atoms with Crippen LogP contribution in [-0.4, -0.2) is 66.2 Å². The van der Waals surface area contributed by atoms with E-state index in [0.29, 0.717) is 21.3 Å². The maximum Gasteiger partial charge on any atom is 0.248 e. The van der Waals surface area contributed by atoms with E-state index in [-0.39, 0.29) is 31.0 Å². The predicted molar refractivity (Wildman–Crippen MR) is 133 cm³/mol. The van der Waals surface area contributed by atoms with Gasteiger partial charge in [-0.25, -0.2) is 9.37 Å². The number of aromatic amines is 1. The van der Waals surface area contributed by atoms with E-state index in [1.807, 2.05) is 12.1 Å². The molecule has 0 spiro atoms. The van der Waals surface area contributed by atoms with Gasteiger partial charge in [0.15, 0.2) is 5.78 Å². The summed E-state index contributed by atoms with van der Waals surface area (Å²) in [6.45, 7) is 0.954. The highest BCUT2D eigenvalue weighted by atomic mass is 79.9. The maximum atomic E-state index is 14.4. The molecule has 5 rings (SSSR count). The molecule has 184 valence electrons. The number of nitrogens with zero attached hydrogens (tertiary/aromatic N) is 5. The summed E-state index contributed by atoms with van der Waals surface area (Å²) in [5.41, 5.74) is 2.48. The van der Waals surface area contributed by atoms with Crippen LogP contribution in [0.1, 0.15) is 23.8 Å². The molecule has 3 aromatic heterocycles. The fourth-order valence-electron chi connectivity index (χ4n) is 4.36. The van der Waals surface area contributed by atoms with Crippen molar-refractivity contribution in [1.29, 1.82) is 0 Å². The Kier molecular flexibility index (Phi) is 6.35. The largest absolute Gasteiger partial charge is 0.326 e. The summed E-state index contributed by atoms with van der Waals surface area (Å²) in [4.78, 5) is 43.8. The number of Topliss-reactive ketones (excluding diaryl/α,β-unsaturated/α-hetero) is 1. The number of rotatable bonds is 6. The Hall–Kier alpha value is -3.93. The Morgan fingerprint density at radius 1 is 1.22 bits per heavy atom. The van der Waals surface area contributed by atoms with Gasteiger partial charge in [-0.1, -0.05) is 12.1 Å². The molecule has 1 aliphatic heterocycles. The Labute approximate surface area is 213 Å². The number of amides is 2. The van der Waals surface area contributed by atoms with Crippen molar-refractivity contribution in [2.75, 3.05) is 11.9 Å². The predicted octanol–water partition coefficient (Wildman–Crippen LogP) is 3.36. The fraction of sp³-hybridized carbons (Fsp3) is 0.250. The number of benzene rings is 1. The van der Waals surface area contributed by atoms with E-state index in [2.05, 4.69) is 41.5 Å². The number of aromatic nitrogens is 5. The van der Waals surface area contributed by atoms with E-state index in [9.17, 15) is 18.8 Å². The number of pyridine rings is 1. The van der Waals surface area contributed by atoms with Crippen LogP contribution in [-0.2, 0) is 16.1 Å². The van der Waals surface area contributed by atoms with E-state index < -0.39 is 24.0 Å². The van der Waals surface area contributed by atoms with Crippen molar-refractivity contribution in [3.8, 4) is 11.1 Å². The van der Waals surface area contributed by atoms with Crippen molar-refractivity contribution in [2.24, 2.45) is 0 Å². The van der Waals surface area contributed by atoms with Crippen molar-refractivity contribution < 1.29 is 18.8 Å². The van der Waals surface area contributed by atoms with Crippen molar-refractivity contribution in [2.45, 2.75) is 32.1 Å². The standard InChI is InChI=1S/C24H21BrFN7O3/c1-13(34)23-17-7-14(15-9-27-28-10-15)5-6-18(17)33(31-23)12-22(35)32-11-16(26)8-19(32)24(36)30-21-4-2-3-20(25)29-21/h2-7,9-10,16,19H,8,11-12H2,1H3,(H,27,28)(H,29,30,36)/t16-,19+/m1/s1. The molecule has 2 amide bonds. The van der Waals surface area contributed by atoms with Crippen molar-refractivity contribution in [1.82, 2.24) is 29.9 Å². The second kappa shape index (κ2) is 9.61. The lowest BCUT2D eigenvalue weighted by Gasteiger charge is -2.23. The minimum atomic E-state index is -1.33. The molecule has 1 aromatic carbocycles. The number of carbonyl (C=O) groups excluding carboxylic acids is 3. The van der Waals surface area contributed by atoms with Crippen LogP contribution in [0.15, 0.2) is 53.4 Å². The average Bonchev–Trinajstić information content (AvgIpc) is 3.58. The number of ketones is 1. The topological polar surface area (TPSA) is 126 Å². The monoisotopic (exact) mass is 553 g/mol. The summed E-state index contributed by atoms with van der Waals surface area (Å²) < 4.78 is 16.3. The molecular weight excluding hydrogens is 533 g/mol. The highest BCUT2D eigenvalue weighted by Crippen LogP contribution is 2.28. The third-order valence-electron chi connectivity index (χ3n) is 6.04. The van der Waals surface area contributed by atoms with Gasteiger partial charge in [0.1, 0.15) is 34.9 Å². The highest BCUT2D eigenvalue weighted by Gasteiger charge is 2.40. The number of alkyl halides is 1. The van der Waals surface area contributed by atoms with Crippen LogP contribution in [0.3, 0.4) is 0 Å². The van der Waals surface area contributed by atoms with Crippen molar-refractivity contribution in [3.05, 3.63) is 59.1 Å². The average molecular weight is 554 g/mol. The van der Waals surface area contributed by atoms with E-state index in [0.717, 1.165) is 11.1 Å². The summed E-state index contributed by atoms with van der Waals surface area (Å²) >= 11 is 3.24. The number of carbonyl (C=O) groups is 3. The molecule has 2 N–H and O–H groups in total. The van der Waals surface area contributed by atoms with Gasteiger partial charge >= 0.3 is 0 Å². The van der Waals surface area contributed by atoms with Gasteiger partial charge in [0, 0.05) is 30.5 Å². The van der Waals surface area contributed by atoms with Gasteiger partial charge in [-0.05, 0) is 45.8 Å². The third kappa shape index (κ3) is 4.63. The summed E-state index contributed by atoms with van der Waals surface area (Å²) in [7, 11) is 0. The van der Waals surface area contributed by atoms with Crippen LogP contribution in [0.4, 0.5) is 10.2 Å². The molecule has 1 saturated heterocycles. The molecule has 4 heterocycles. The molecule has 0 unspecified atom stereocenters. The molecule has 36 heavy (non-hydrogen) atoms. The minimum absolute atomic E-state index is 0.113. The van der Waals surface area contributed by atoms with Gasteiger partial charge in [-0.2, -0.15) is 10.2 Å². The molecule has 4 aromatic rings. The number of H-pyrrole nitrogens is 1. The molecule has 1 aliphatic rings. The second-order valence-electron chi connectivity index (χ2n) is 8.51. The van der Waals surface area contributed by atoms with Crippen LogP contribution in [0.5, 0.6) is 0 Å². The van der Waals surface area contributed by atoms with Gasteiger partial charge in [0.25, 0.3) is 0 Å². The van der Waals surface area contributed by atoms with E-state index in [1.165, 1.54) is 16.5 Å². The molecule has 10 nitrogen and oxygen atoms in total. The van der Waals surface area contributed by atoms with Crippen molar-refractivity contribution in [3.63, 3.8) is 0 Å². The van der Waals surface area contributed by atoms with Gasteiger partial charge in [-0.15, -0.1) is 0 Å². The lowest BCUT2D eigenvalue weighted by atomic mass is 10.1. The second-order valence-corrected chi connectivity index (χ2v) is 9.32. The first-order valence-corrected chi connectivity index (χ1v) is 12.0. The number of halogens is 2. The zero-order valence-corrected chi connectivity index (χ0v) is 20.7. The zero-order chi connectivity index (χ0) is 25.4. The zero-order valence-electron chi connectivity index (χ0n) is 19.1. The van der Waals surface area contributed by atoms with Gasteiger partial charge in [0.05, 0.1) is 18.3 Å². The Morgan fingerprint density at radius 3 is 2.78 bits per heavy atom. The molecule has 0 bridgehead atoms. The van der Waals surface area contributed by atoms with E-state index in [4.69, 9.17) is 0 Å². The maximum absolute atomic E-state index is 14.4. The lowest BCUT2D eigenvalue weighted by Crippen LogP contribution is -2.44. The molecule has 0 radical (unpaired) electrons. The highest BCUT2D eigenvalue weighted by molar-refractivity contribution is 9.10. The first kappa shape index (κ1) is 23.8. The molecular formula is C24H21BrFN7O3. The lowest BCUT2D eigenvalue weighted by molar-refractivity contribution is -0.137. The summed E-state index contributed by atoms with van der Waals surface area (Å²) in [5.74, 6) is -0.953. The third-order valence-corrected chi connectivity index (χ3v) is 6.48. The van der Waals surface area contributed by atoms with Crippen LogP contribution in [0.25, 0.3) is 22.0 Å². The molecule has 2 atom stereocenters. The quantitative estimate of drug-likeness (QED) is 0.278. The number of anilines is 1. The number of hydrogen-bond donors (Lipinski definition) is 2.